The first-order chi connectivity index (χ1) is 10.8. The second kappa shape index (κ2) is 5.73. The van der Waals surface area contributed by atoms with Crippen LogP contribution in [0, 0.1) is 0 Å². The van der Waals surface area contributed by atoms with Gasteiger partial charge < -0.3 is 0 Å². The van der Waals surface area contributed by atoms with Gasteiger partial charge in [-0.3, -0.25) is 4.90 Å². The highest BCUT2D eigenvalue weighted by molar-refractivity contribution is 5.82. The van der Waals surface area contributed by atoms with E-state index >= 15 is 0 Å². The molecule has 22 heavy (non-hydrogen) atoms. The van der Waals surface area contributed by atoms with Gasteiger partial charge in [-0.25, -0.2) is 0 Å². The highest BCUT2D eigenvalue weighted by Gasteiger charge is 2.36. The van der Waals surface area contributed by atoms with E-state index in [0.717, 1.165) is 12.1 Å². The molecule has 0 N–H and O–H groups in total. The summed E-state index contributed by atoms with van der Waals surface area (Å²) in [5, 5.41) is 0. The van der Waals surface area contributed by atoms with Gasteiger partial charge in [0.2, 0.25) is 0 Å². The Morgan fingerprint density at radius 3 is 1.68 bits per heavy atom. The van der Waals surface area contributed by atoms with Gasteiger partial charge in [0.05, 0.1) is 0 Å². The second-order valence-corrected chi connectivity index (χ2v) is 6.67. The van der Waals surface area contributed by atoms with Crippen molar-refractivity contribution in [3.63, 3.8) is 0 Å². The topological polar surface area (TPSA) is 3.24 Å². The van der Waals surface area contributed by atoms with E-state index in [2.05, 4.69) is 72.6 Å². The summed E-state index contributed by atoms with van der Waals surface area (Å²) in [7, 11) is 2.31. The minimum absolute atomic E-state index is 0.746. The number of hydrogen-bond acceptors (Lipinski definition) is 1. The van der Waals surface area contributed by atoms with Gasteiger partial charge in [-0.2, -0.15) is 0 Å². The minimum Gasteiger partial charge on any atom is -0.300 e. The minimum atomic E-state index is 0.746. The van der Waals surface area contributed by atoms with Gasteiger partial charge in [0, 0.05) is 12.1 Å². The van der Waals surface area contributed by atoms with Crippen molar-refractivity contribution in [3.05, 3.63) is 77.4 Å². The van der Waals surface area contributed by atoms with Crippen molar-refractivity contribution in [2.24, 2.45) is 0 Å². The van der Waals surface area contributed by atoms with Crippen molar-refractivity contribution in [2.45, 2.75) is 37.8 Å². The Kier molecular flexibility index (Phi) is 3.59. The van der Waals surface area contributed by atoms with Crippen LogP contribution < -0.4 is 0 Å². The van der Waals surface area contributed by atoms with Crippen molar-refractivity contribution in [3.8, 4) is 0 Å². The van der Waals surface area contributed by atoms with Gasteiger partial charge in [0.25, 0.3) is 0 Å². The summed E-state index contributed by atoms with van der Waals surface area (Å²) in [5.74, 6) is 0. The van der Waals surface area contributed by atoms with Crippen molar-refractivity contribution >= 4 is 5.57 Å². The van der Waals surface area contributed by atoms with Crippen LogP contribution in [-0.4, -0.2) is 24.0 Å². The fourth-order valence-corrected chi connectivity index (χ4v) is 4.22. The van der Waals surface area contributed by atoms with E-state index in [-0.39, 0.29) is 0 Å². The van der Waals surface area contributed by atoms with Crippen LogP contribution in [0.1, 0.15) is 36.8 Å². The number of rotatable bonds is 2. The molecule has 0 saturated carbocycles. The molecule has 0 amide bonds. The Hall–Kier alpha value is -1.86. The normalized spacial score (nSPS) is 24.5. The Morgan fingerprint density at radius 2 is 1.23 bits per heavy atom. The first-order valence-corrected chi connectivity index (χ1v) is 8.38. The number of piperidine rings is 1. The molecule has 0 aromatic heterocycles. The van der Waals surface area contributed by atoms with E-state index in [4.69, 9.17) is 0 Å². The van der Waals surface area contributed by atoms with Crippen LogP contribution in [0.2, 0.25) is 0 Å². The molecule has 2 saturated heterocycles. The zero-order valence-corrected chi connectivity index (χ0v) is 13.2. The molecule has 2 atom stereocenters. The maximum absolute atomic E-state index is 2.61. The maximum Gasteiger partial charge on any atom is 0.0133 e. The third-order valence-electron chi connectivity index (χ3n) is 5.43. The molecule has 112 valence electrons. The zero-order chi connectivity index (χ0) is 14.9. The summed E-state index contributed by atoms with van der Waals surface area (Å²) in [6.07, 6.45) is 5.18. The third kappa shape index (κ3) is 2.40. The van der Waals surface area contributed by atoms with Crippen LogP contribution in [0.5, 0.6) is 0 Å². The highest BCUT2D eigenvalue weighted by Crippen LogP contribution is 2.41. The predicted octanol–water partition coefficient (Wildman–Crippen LogP) is 4.75. The van der Waals surface area contributed by atoms with E-state index in [1.165, 1.54) is 42.4 Å². The first-order valence-electron chi connectivity index (χ1n) is 8.38. The summed E-state index contributed by atoms with van der Waals surface area (Å²) in [4.78, 5) is 2.61. The molecule has 2 aliphatic rings. The highest BCUT2D eigenvalue weighted by atomic mass is 15.2. The summed E-state index contributed by atoms with van der Waals surface area (Å²) >= 11 is 0. The summed E-state index contributed by atoms with van der Waals surface area (Å²) in [5.41, 5.74) is 5.87. The maximum atomic E-state index is 2.61. The van der Waals surface area contributed by atoms with Crippen LogP contribution in [0.15, 0.2) is 66.2 Å². The number of fused-ring (bicyclic) bond motifs is 2. The quantitative estimate of drug-likeness (QED) is 0.771. The van der Waals surface area contributed by atoms with E-state index in [1.54, 1.807) is 5.57 Å². The first kappa shape index (κ1) is 13.8. The third-order valence-corrected chi connectivity index (χ3v) is 5.43. The Balaban J connectivity index is 1.83. The summed E-state index contributed by atoms with van der Waals surface area (Å²) in [6, 6.07) is 23.4. The van der Waals surface area contributed by atoms with Crippen molar-refractivity contribution in [2.75, 3.05) is 7.05 Å². The molecule has 0 radical (unpaired) electrons. The van der Waals surface area contributed by atoms with Gasteiger partial charge in [-0.05, 0) is 49.4 Å². The van der Waals surface area contributed by atoms with Crippen LogP contribution in [0.4, 0.5) is 0 Å². The lowest BCUT2D eigenvalue weighted by atomic mass is 9.86. The molecule has 2 aromatic rings. The van der Waals surface area contributed by atoms with E-state index in [1.807, 2.05) is 0 Å². The molecule has 2 aromatic carbocycles. The molecular formula is C21H23N. The van der Waals surface area contributed by atoms with Gasteiger partial charge in [-0.15, -0.1) is 0 Å². The summed E-state index contributed by atoms with van der Waals surface area (Å²) in [6.45, 7) is 0. The van der Waals surface area contributed by atoms with Crippen molar-refractivity contribution in [1.29, 1.82) is 0 Å². The van der Waals surface area contributed by atoms with E-state index in [9.17, 15) is 0 Å². The zero-order valence-electron chi connectivity index (χ0n) is 13.2. The van der Waals surface area contributed by atoms with Gasteiger partial charge in [0.15, 0.2) is 0 Å². The number of nitrogens with zero attached hydrogens (tertiary/aromatic N) is 1. The second-order valence-electron chi connectivity index (χ2n) is 6.67. The SMILES string of the molecule is CN1[C@@H]2CC[C@H]1CC(=C(c1ccccc1)c1ccccc1)C2. The number of benzene rings is 2. The Labute approximate surface area is 133 Å². The molecule has 2 fully saturated rings. The Bertz CT molecular complexity index is 614. The molecule has 0 unspecified atom stereocenters. The fraction of sp³-hybridized carbons (Fsp3) is 0.333. The fourth-order valence-electron chi connectivity index (χ4n) is 4.22. The lowest BCUT2D eigenvalue weighted by Crippen LogP contribution is -2.37. The lowest BCUT2D eigenvalue weighted by Gasteiger charge is -2.34. The molecule has 2 bridgehead atoms. The van der Waals surface area contributed by atoms with Crippen LogP contribution >= 0.6 is 0 Å². The molecule has 2 heterocycles. The predicted molar refractivity (Wildman–Crippen MR) is 92.7 cm³/mol. The molecule has 0 spiro atoms. The van der Waals surface area contributed by atoms with Crippen LogP contribution in [0.25, 0.3) is 5.57 Å². The Morgan fingerprint density at radius 1 is 0.773 bits per heavy atom. The van der Waals surface area contributed by atoms with E-state index in [0.29, 0.717) is 0 Å². The van der Waals surface area contributed by atoms with Crippen molar-refractivity contribution in [1.82, 2.24) is 4.90 Å². The van der Waals surface area contributed by atoms with Gasteiger partial charge in [0.1, 0.15) is 0 Å². The molecule has 1 heteroatoms. The smallest absolute Gasteiger partial charge is 0.0133 e. The molecule has 1 nitrogen and oxygen atoms in total. The largest absolute Gasteiger partial charge is 0.300 e. The standard InChI is InChI=1S/C21H23N/c1-22-19-12-13-20(22)15-18(14-19)21(16-8-4-2-5-9-16)17-10-6-3-7-11-17/h2-11,19-20H,12-15H2,1H3/t19-,20+. The molecular weight excluding hydrogens is 266 g/mol. The lowest BCUT2D eigenvalue weighted by molar-refractivity contribution is 0.210. The van der Waals surface area contributed by atoms with Gasteiger partial charge in [-0.1, -0.05) is 66.2 Å². The molecule has 0 aliphatic carbocycles. The monoisotopic (exact) mass is 289 g/mol. The number of hydrogen-bond donors (Lipinski definition) is 0. The van der Waals surface area contributed by atoms with Crippen LogP contribution in [-0.2, 0) is 0 Å². The molecule has 2 aliphatic heterocycles. The van der Waals surface area contributed by atoms with Gasteiger partial charge >= 0.3 is 0 Å². The van der Waals surface area contributed by atoms with Crippen molar-refractivity contribution < 1.29 is 0 Å². The molecule has 4 rings (SSSR count). The summed E-state index contributed by atoms with van der Waals surface area (Å²) < 4.78 is 0. The average Bonchev–Trinajstić information content (AvgIpc) is 2.78. The van der Waals surface area contributed by atoms with Crippen LogP contribution in [0.3, 0.4) is 0 Å². The van der Waals surface area contributed by atoms with E-state index < -0.39 is 0 Å². The average molecular weight is 289 g/mol.